The largest absolute Gasteiger partial charge is 0.388 e. The van der Waals surface area contributed by atoms with Crippen LogP contribution in [0.2, 0.25) is 0 Å². The zero-order valence-corrected chi connectivity index (χ0v) is 11.9. The molecule has 0 amide bonds. The first-order chi connectivity index (χ1) is 7.90. The van der Waals surface area contributed by atoms with Gasteiger partial charge < -0.3 is 10.6 Å². The molecule has 0 saturated heterocycles. The first-order valence-electron chi connectivity index (χ1n) is 5.92. The van der Waals surface area contributed by atoms with Gasteiger partial charge in [-0.1, -0.05) is 13.8 Å². The first-order valence-corrected chi connectivity index (χ1v) is 6.73. The molecule has 0 unspecified atom stereocenters. The van der Waals surface area contributed by atoms with Crippen molar-refractivity contribution in [2.75, 3.05) is 18.0 Å². The maximum Gasteiger partial charge on any atom is 0.185 e. The lowest BCUT2D eigenvalue weighted by Gasteiger charge is -2.23. The molecule has 0 bridgehead atoms. The van der Waals surface area contributed by atoms with Crippen LogP contribution in [0.5, 0.6) is 0 Å². The summed E-state index contributed by atoms with van der Waals surface area (Å²) in [6.07, 6.45) is 0.602. The van der Waals surface area contributed by atoms with Crippen LogP contribution in [0.3, 0.4) is 0 Å². The number of amidine groups is 1. The second kappa shape index (κ2) is 6.00. The minimum absolute atomic E-state index is 0.240. The van der Waals surface area contributed by atoms with Crippen molar-refractivity contribution in [2.45, 2.75) is 34.1 Å². The fourth-order valence-corrected chi connectivity index (χ4v) is 2.50. The van der Waals surface area contributed by atoms with Gasteiger partial charge in [0.05, 0.1) is 11.5 Å². The summed E-state index contributed by atoms with van der Waals surface area (Å²) in [5.41, 5.74) is 6.52. The molecule has 0 atom stereocenters. The summed E-state index contributed by atoms with van der Waals surface area (Å²) < 4.78 is 0. The van der Waals surface area contributed by atoms with Crippen molar-refractivity contribution in [1.82, 2.24) is 4.98 Å². The number of nitrogens with one attached hydrogen (secondary N) is 1. The van der Waals surface area contributed by atoms with Crippen LogP contribution < -0.4 is 10.6 Å². The van der Waals surface area contributed by atoms with E-state index in [-0.39, 0.29) is 5.84 Å². The molecule has 0 aliphatic heterocycles. The van der Waals surface area contributed by atoms with Crippen molar-refractivity contribution in [3.8, 4) is 0 Å². The van der Waals surface area contributed by atoms with Crippen LogP contribution in [-0.2, 0) is 0 Å². The Hall–Kier alpha value is -1.10. The number of thiazole rings is 1. The van der Waals surface area contributed by atoms with E-state index >= 15 is 0 Å². The average molecular weight is 254 g/mol. The highest BCUT2D eigenvalue weighted by Gasteiger charge is 2.13. The lowest BCUT2D eigenvalue weighted by atomic mass is 10.2. The van der Waals surface area contributed by atoms with Gasteiger partial charge in [0.1, 0.15) is 0 Å². The zero-order chi connectivity index (χ0) is 13.0. The van der Waals surface area contributed by atoms with Crippen molar-refractivity contribution in [2.24, 2.45) is 11.7 Å². The quantitative estimate of drug-likeness (QED) is 0.605. The second-order valence-electron chi connectivity index (χ2n) is 4.75. The van der Waals surface area contributed by atoms with Gasteiger partial charge in [0.25, 0.3) is 0 Å². The molecule has 4 nitrogen and oxygen atoms in total. The molecule has 3 N–H and O–H groups in total. The second-order valence-corrected chi connectivity index (χ2v) is 5.93. The number of anilines is 1. The van der Waals surface area contributed by atoms with E-state index in [0.29, 0.717) is 12.3 Å². The van der Waals surface area contributed by atoms with E-state index in [2.05, 4.69) is 30.7 Å². The van der Waals surface area contributed by atoms with E-state index in [1.807, 2.05) is 6.92 Å². The van der Waals surface area contributed by atoms with Crippen molar-refractivity contribution in [1.29, 1.82) is 5.41 Å². The number of aryl methyl sites for hydroxylation is 2. The van der Waals surface area contributed by atoms with Crippen LogP contribution in [0.15, 0.2) is 0 Å². The Morgan fingerprint density at radius 2 is 2.12 bits per heavy atom. The molecule has 0 saturated carbocycles. The van der Waals surface area contributed by atoms with Crippen molar-refractivity contribution in [3.63, 3.8) is 0 Å². The van der Waals surface area contributed by atoms with Gasteiger partial charge in [-0.15, -0.1) is 11.3 Å². The van der Waals surface area contributed by atoms with Gasteiger partial charge in [-0.2, -0.15) is 0 Å². The highest BCUT2D eigenvalue weighted by atomic mass is 32.1. The summed E-state index contributed by atoms with van der Waals surface area (Å²) in [7, 11) is 0. The van der Waals surface area contributed by atoms with E-state index in [4.69, 9.17) is 11.1 Å². The van der Waals surface area contributed by atoms with Crippen molar-refractivity contribution in [3.05, 3.63) is 10.6 Å². The molecule has 0 radical (unpaired) electrons. The number of nitrogens with two attached hydrogens (primary N) is 1. The van der Waals surface area contributed by atoms with Gasteiger partial charge in [0.2, 0.25) is 0 Å². The Bertz CT molecular complexity index is 364. The predicted octanol–water partition coefficient (Wildman–Crippen LogP) is 2.55. The summed E-state index contributed by atoms with van der Waals surface area (Å²) in [6.45, 7) is 10.2. The van der Waals surface area contributed by atoms with E-state index in [1.165, 1.54) is 4.88 Å². The highest BCUT2D eigenvalue weighted by Crippen LogP contribution is 2.25. The zero-order valence-electron chi connectivity index (χ0n) is 11.1. The maximum atomic E-state index is 7.31. The third-order valence-corrected chi connectivity index (χ3v) is 3.66. The van der Waals surface area contributed by atoms with Crippen LogP contribution in [0, 0.1) is 25.2 Å². The molecule has 0 spiro atoms. The SMILES string of the molecule is Cc1nc(N(CCC(=N)N)CC(C)C)sc1C. The topological polar surface area (TPSA) is 66.0 Å². The Kier molecular flexibility index (Phi) is 4.93. The van der Waals surface area contributed by atoms with Gasteiger partial charge >= 0.3 is 0 Å². The Morgan fingerprint density at radius 3 is 2.53 bits per heavy atom. The molecule has 96 valence electrons. The van der Waals surface area contributed by atoms with E-state index < -0.39 is 0 Å². The Balaban J connectivity index is 2.77. The molecular formula is C12H22N4S. The number of hydrogen-bond donors (Lipinski definition) is 2. The van der Waals surface area contributed by atoms with Crippen molar-refractivity contribution >= 4 is 22.3 Å². The van der Waals surface area contributed by atoms with Gasteiger partial charge in [-0.25, -0.2) is 4.98 Å². The van der Waals surface area contributed by atoms with Gasteiger partial charge in [-0.3, -0.25) is 5.41 Å². The fourth-order valence-electron chi connectivity index (χ4n) is 1.55. The minimum atomic E-state index is 0.240. The summed E-state index contributed by atoms with van der Waals surface area (Å²) in [6, 6.07) is 0. The molecule has 1 aromatic heterocycles. The molecule has 0 aliphatic rings. The molecule has 1 aromatic rings. The average Bonchev–Trinajstić information content (AvgIpc) is 2.53. The summed E-state index contributed by atoms with van der Waals surface area (Å²) in [4.78, 5) is 8.07. The van der Waals surface area contributed by atoms with Crippen LogP contribution >= 0.6 is 11.3 Å². The van der Waals surface area contributed by atoms with E-state index in [1.54, 1.807) is 11.3 Å². The summed E-state index contributed by atoms with van der Waals surface area (Å²) in [5, 5.41) is 8.37. The molecular weight excluding hydrogens is 232 g/mol. The Labute approximate surface area is 107 Å². The fraction of sp³-hybridized carbons (Fsp3) is 0.667. The molecule has 17 heavy (non-hydrogen) atoms. The van der Waals surface area contributed by atoms with Crippen molar-refractivity contribution < 1.29 is 0 Å². The normalized spacial score (nSPS) is 10.9. The third kappa shape index (κ3) is 4.34. The van der Waals surface area contributed by atoms with Crippen LogP contribution in [0.25, 0.3) is 0 Å². The Morgan fingerprint density at radius 1 is 1.47 bits per heavy atom. The monoisotopic (exact) mass is 254 g/mol. The van der Waals surface area contributed by atoms with Gasteiger partial charge in [0.15, 0.2) is 5.13 Å². The minimum Gasteiger partial charge on any atom is -0.388 e. The molecule has 0 aromatic carbocycles. The van der Waals surface area contributed by atoms with Crippen LogP contribution in [0.4, 0.5) is 5.13 Å². The summed E-state index contributed by atoms with van der Waals surface area (Å²) in [5.74, 6) is 0.815. The predicted molar refractivity (Wildman–Crippen MR) is 75.2 cm³/mol. The van der Waals surface area contributed by atoms with Gasteiger partial charge in [0, 0.05) is 24.4 Å². The number of nitrogens with zero attached hydrogens (tertiary/aromatic N) is 2. The third-order valence-electron chi connectivity index (χ3n) is 2.52. The molecule has 0 fully saturated rings. The van der Waals surface area contributed by atoms with Gasteiger partial charge in [-0.05, 0) is 19.8 Å². The highest BCUT2D eigenvalue weighted by molar-refractivity contribution is 7.15. The number of aromatic nitrogens is 1. The first kappa shape index (κ1) is 14.0. The number of rotatable bonds is 6. The summed E-state index contributed by atoms with van der Waals surface area (Å²) >= 11 is 1.72. The smallest absolute Gasteiger partial charge is 0.185 e. The lowest BCUT2D eigenvalue weighted by molar-refractivity contribution is 0.612. The molecule has 5 heteroatoms. The molecule has 1 rings (SSSR count). The lowest BCUT2D eigenvalue weighted by Crippen LogP contribution is -2.31. The molecule has 1 heterocycles. The van der Waals surface area contributed by atoms with E-state index in [0.717, 1.165) is 23.9 Å². The van der Waals surface area contributed by atoms with Crippen LogP contribution in [-0.4, -0.2) is 23.9 Å². The van der Waals surface area contributed by atoms with E-state index in [9.17, 15) is 0 Å². The maximum absolute atomic E-state index is 7.31. The molecule has 0 aliphatic carbocycles. The number of hydrogen-bond acceptors (Lipinski definition) is 4. The van der Waals surface area contributed by atoms with Crippen LogP contribution in [0.1, 0.15) is 30.8 Å². The standard InChI is InChI=1S/C12H22N4S/c1-8(2)7-16(6-5-11(13)14)12-15-9(3)10(4)17-12/h8H,5-7H2,1-4H3,(H3,13,14).